The molecule has 1 aliphatic heterocycles. The lowest BCUT2D eigenvalue weighted by molar-refractivity contribution is -0.199. The third kappa shape index (κ3) is 6.20. The fourth-order valence-corrected chi connectivity index (χ4v) is 2.88. The number of anilines is 1. The number of hydrogen-bond donors (Lipinski definition) is 2. The molecule has 1 aromatic rings. The van der Waals surface area contributed by atoms with Crippen molar-refractivity contribution < 1.29 is 22.7 Å². The molecule has 1 heterocycles. The Morgan fingerprint density at radius 1 is 1.26 bits per heavy atom. The Bertz CT molecular complexity index is 705. The molecular weight excluding hydrogens is 379 g/mol. The fraction of sp³-hybridized carbons (Fsp3) is 0.500. The number of aryl methyl sites for hydroxylation is 1. The number of nitrogens with zero attached hydrogens (tertiary/aromatic N) is 1. The standard InChI is InChI=1S/C18H22F3N3O2S/c1-3-4-5-6-12-7-9-13(10-8-12)23-17(27)24-16(25)14-15(18(19,20)21)26-11(2)22-14/h7-10,14-15H,3-6H2,1-2H3,(H2,23,24,25,27). The zero-order valence-corrected chi connectivity index (χ0v) is 15.9. The predicted molar refractivity (Wildman–Crippen MR) is 102 cm³/mol. The molecule has 2 rings (SSSR count). The van der Waals surface area contributed by atoms with E-state index in [0.717, 1.165) is 19.3 Å². The van der Waals surface area contributed by atoms with Gasteiger partial charge in [-0.15, -0.1) is 0 Å². The molecule has 0 saturated carbocycles. The summed E-state index contributed by atoms with van der Waals surface area (Å²) in [5.74, 6) is -1.15. The van der Waals surface area contributed by atoms with E-state index in [0.29, 0.717) is 5.69 Å². The molecule has 9 heteroatoms. The third-order valence-corrected chi connectivity index (χ3v) is 4.22. The molecule has 0 bridgehead atoms. The van der Waals surface area contributed by atoms with Crippen LogP contribution in [-0.4, -0.2) is 35.2 Å². The number of alkyl halides is 3. The van der Waals surface area contributed by atoms with E-state index >= 15 is 0 Å². The first kappa shape index (κ1) is 21.1. The summed E-state index contributed by atoms with van der Waals surface area (Å²) in [7, 11) is 0. The highest BCUT2D eigenvalue weighted by Crippen LogP contribution is 2.30. The van der Waals surface area contributed by atoms with Crippen LogP contribution in [0.2, 0.25) is 0 Å². The molecule has 2 unspecified atom stereocenters. The Morgan fingerprint density at radius 3 is 2.52 bits per heavy atom. The SMILES string of the molecule is CCCCCc1ccc(NC(=S)NC(=O)C2N=C(C)OC2C(F)(F)F)cc1. The van der Waals surface area contributed by atoms with E-state index in [1.165, 1.54) is 18.9 Å². The summed E-state index contributed by atoms with van der Waals surface area (Å²) in [5.41, 5.74) is 1.82. The second-order valence-corrected chi connectivity index (χ2v) is 6.68. The average molecular weight is 401 g/mol. The van der Waals surface area contributed by atoms with Crippen molar-refractivity contribution in [1.29, 1.82) is 0 Å². The minimum Gasteiger partial charge on any atom is -0.466 e. The first-order valence-corrected chi connectivity index (χ1v) is 9.10. The summed E-state index contributed by atoms with van der Waals surface area (Å²) in [6.45, 7) is 3.41. The lowest BCUT2D eigenvalue weighted by Crippen LogP contribution is -2.48. The van der Waals surface area contributed by atoms with Gasteiger partial charge in [-0.1, -0.05) is 31.9 Å². The Labute approximate surface area is 161 Å². The Kier molecular flexibility index (Phi) is 7.18. The van der Waals surface area contributed by atoms with E-state index in [-0.39, 0.29) is 11.0 Å². The van der Waals surface area contributed by atoms with E-state index < -0.39 is 24.2 Å². The molecule has 0 radical (unpaired) electrons. The normalized spacial score (nSPS) is 19.2. The van der Waals surface area contributed by atoms with Crippen LogP contribution in [0.25, 0.3) is 0 Å². The second-order valence-electron chi connectivity index (χ2n) is 6.27. The molecule has 2 N–H and O–H groups in total. The van der Waals surface area contributed by atoms with Crippen molar-refractivity contribution in [3.63, 3.8) is 0 Å². The van der Waals surface area contributed by atoms with Gasteiger partial charge in [0.25, 0.3) is 5.91 Å². The number of hydrogen-bond acceptors (Lipinski definition) is 4. The Hall–Kier alpha value is -2.16. The molecule has 1 aromatic carbocycles. The van der Waals surface area contributed by atoms with E-state index in [4.69, 9.17) is 12.2 Å². The van der Waals surface area contributed by atoms with E-state index in [9.17, 15) is 18.0 Å². The molecule has 0 saturated heterocycles. The highest BCUT2D eigenvalue weighted by atomic mass is 32.1. The van der Waals surface area contributed by atoms with Crippen molar-refractivity contribution in [3.05, 3.63) is 29.8 Å². The van der Waals surface area contributed by atoms with Gasteiger partial charge < -0.3 is 15.4 Å². The van der Waals surface area contributed by atoms with Gasteiger partial charge in [0.15, 0.2) is 17.1 Å². The van der Waals surface area contributed by atoms with Crippen LogP contribution in [0.3, 0.4) is 0 Å². The second kappa shape index (κ2) is 9.16. The van der Waals surface area contributed by atoms with Crippen molar-refractivity contribution in [2.75, 3.05) is 5.32 Å². The minimum atomic E-state index is -4.70. The molecule has 1 aliphatic rings. The van der Waals surface area contributed by atoms with E-state index in [1.54, 1.807) is 12.1 Å². The van der Waals surface area contributed by atoms with Gasteiger partial charge in [0.2, 0.25) is 6.10 Å². The number of thiocarbonyl (C=S) groups is 1. The van der Waals surface area contributed by atoms with Crippen molar-refractivity contribution in [1.82, 2.24) is 5.32 Å². The van der Waals surface area contributed by atoms with Crippen molar-refractivity contribution in [2.45, 2.75) is 57.9 Å². The van der Waals surface area contributed by atoms with Crippen LogP contribution in [0, 0.1) is 0 Å². The monoisotopic (exact) mass is 401 g/mol. The number of unbranched alkanes of at least 4 members (excludes halogenated alkanes) is 2. The number of aliphatic imine (C=N–C) groups is 1. The molecule has 1 amide bonds. The van der Waals surface area contributed by atoms with Crippen LogP contribution in [0.4, 0.5) is 18.9 Å². The molecule has 148 valence electrons. The highest BCUT2D eigenvalue weighted by molar-refractivity contribution is 7.80. The molecular formula is C18H22F3N3O2S. The smallest absolute Gasteiger partial charge is 0.428 e. The Morgan fingerprint density at radius 2 is 1.93 bits per heavy atom. The quantitative estimate of drug-likeness (QED) is 0.559. The largest absolute Gasteiger partial charge is 0.466 e. The zero-order chi connectivity index (χ0) is 20.0. The summed E-state index contributed by atoms with van der Waals surface area (Å²) in [4.78, 5) is 15.7. The summed E-state index contributed by atoms with van der Waals surface area (Å²) >= 11 is 5.01. The number of benzene rings is 1. The van der Waals surface area contributed by atoms with Gasteiger partial charge >= 0.3 is 6.18 Å². The number of nitrogens with one attached hydrogen (secondary N) is 2. The maximum absolute atomic E-state index is 13.0. The van der Waals surface area contributed by atoms with Crippen LogP contribution >= 0.6 is 12.2 Å². The number of carbonyl (C=O) groups is 1. The van der Waals surface area contributed by atoms with Crippen LogP contribution in [0.1, 0.15) is 38.7 Å². The topological polar surface area (TPSA) is 62.7 Å². The number of ether oxygens (including phenoxy) is 1. The van der Waals surface area contributed by atoms with Gasteiger partial charge in [0, 0.05) is 12.6 Å². The van der Waals surface area contributed by atoms with Crippen LogP contribution in [-0.2, 0) is 16.0 Å². The molecule has 27 heavy (non-hydrogen) atoms. The molecule has 2 atom stereocenters. The van der Waals surface area contributed by atoms with Gasteiger partial charge in [-0.3, -0.25) is 4.79 Å². The lowest BCUT2D eigenvalue weighted by Gasteiger charge is -2.20. The van der Waals surface area contributed by atoms with Crippen molar-refractivity contribution in [3.8, 4) is 0 Å². The van der Waals surface area contributed by atoms with Crippen LogP contribution in [0.5, 0.6) is 0 Å². The summed E-state index contributed by atoms with van der Waals surface area (Å²) in [6.07, 6.45) is -2.59. The van der Waals surface area contributed by atoms with Crippen molar-refractivity contribution in [2.24, 2.45) is 4.99 Å². The highest BCUT2D eigenvalue weighted by Gasteiger charge is 2.53. The first-order valence-electron chi connectivity index (χ1n) is 8.69. The number of halogens is 3. The van der Waals surface area contributed by atoms with Crippen molar-refractivity contribution >= 4 is 34.8 Å². The van der Waals surface area contributed by atoms with Gasteiger partial charge in [-0.2, -0.15) is 13.2 Å². The van der Waals surface area contributed by atoms with E-state index in [1.807, 2.05) is 12.1 Å². The molecule has 5 nitrogen and oxygen atoms in total. The first-order chi connectivity index (χ1) is 12.7. The van der Waals surface area contributed by atoms with Crippen LogP contribution < -0.4 is 10.6 Å². The third-order valence-electron chi connectivity index (χ3n) is 4.01. The zero-order valence-electron chi connectivity index (χ0n) is 15.1. The fourth-order valence-electron chi connectivity index (χ4n) is 2.67. The van der Waals surface area contributed by atoms with Gasteiger partial charge in [-0.05, 0) is 42.8 Å². The Balaban J connectivity index is 1.90. The molecule has 0 fully saturated rings. The lowest BCUT2D eigenvalue weighted by atomic mass is 10.1. The molecule has 0 aromatic heterocycles. The minimum absolute atomic E-state index is 0.0978. The maximum atomic E-state index is 13.0. The number of carbonyl (C=O) groups excluding carboxylic acids is 1. The predicted octanol–water partition coefficient (Wildman–Crippen LogP) is 3.98. The summed E-state index contributed by atoms with van der Waals surface area (Å²) < 4.78 is 43.5. The van der Waals surface area contributed by atoms with E-state index in [2.05, 4.69) is 27.3 Å². The van der Waals surface area contributed by atoms with Gasteiger partial charge in [0.05, 0.1) is 0 Å². The van der Waals surface area contributed by atoms with Crippen LogP contribution in [0.15, 0.2) is 29.3 Å². The molecule has 0 aliphatic carbocycles. The molecule has 0 spiro atoms. The number of amides is 1. The summed E-state index contributed by atoms with van der Waals surface area (Å²) in [5, 5.41) is 4.93. The number of rotatable bonds is 6. The van der Waals surface area contributed by atoms with Gasteiger partial charge in [-0.25, -0.2) is 4.99 Å². The maximum Gasteiger partial charge on any atom is 0.428 e. The average Bonchev–Trinajstić information content (AvgIpc) is 2.99. The summed E-state index contributed by atoms with van der Waals surface area (Å²) in [6, 6.07) is 5.78. The van der Waals surface area contributed by atoms with Gasteiger partial charge in [0.1, 0.15) is 0 Å².